The maximum atomic E-state index is 11.7. The van der Waals surface area contributed by atoms with Crippen molar-refractivity contribution in [2.24, 2.45) is 0 Å². The van der Waals surface area contributed by atoms with Crippen molar-refractivity contribution in [1.82, 2.24) is 0 Å². The summed E-state index contributed by atoms with van der Waals surface area (Å²) in [5.74, 6) is -1.15. The SMILES string of the molecule is C=CCOC(=O)N(CC(=O)O)c1ccc(O)cc1. The van der Waals surface area contributed by atoms with E-state index < -0.39 is 18.6 Å². The lowest BCUT2D eigenvalue weighted by Crippen LogP contribution is -2.36. The highest BCUT2D eigenvalue weighted by molar-refractivity contribution is 5.93. The number of carboxylic acids is 1. The first-order valence-corrected chi connectivity index (χ1v) is 5.10. The second-order valence-electron chi connectivity index (χ2n) is 3.36. The van der Waals surface area contributed by atoms with Crippen LogP contribution >= 0.6 is 0 Å². The fourth-order valence-electron chi connectivity index (χ4n) is 1.24. The van der Waals surface area contributed by atoms with E-state index in [9.17, 15) is 9.59 Å². The maximum absolute atomic E-state index is 11.7. The van der Waals surface area contributed by atoms with Gasteiger partial charge in [-0.25, -0.2) is 4.79 Å². The molecule has 2 N–H and O–H groups in total. The van der Waals surface area contributed by atoms with E-state index in [1.165, 1.54) is 30.3 Å². The third kappa shape index (κ3) is 3.82. The molecule has 0 aliphatic heterocycles. The van der Waals surface area contributed by atoms with E-state index in [1.807, 2.05) is 0 Å². The molecule has 18 heavy (non-hydrogen) atoms. The molecular formula is C12H13NO5. The van der Waals surface area contributed by atoms with E-state index in [2.05, 4.69) is 6.58 Å². The Morgan fingerprint density at radius 2 is 1.94 bits per heavy atom. The molecule has 0 saturated heterocycles. The Balaban J connectivity index is 2.89. The number of benzene rings is 1. The summed E-state index contributed by atoms with van der Waals surface area (Å²) in [7, 11) is 0. The highest BCUT2D eigenvalue weighted by atomic mass is 16.6. The molecule has 96 valence electrons. The fraction of sp³-hybridized carbons (Fsp3) is 0.167. The van der Waals surface area contributed by atoms with Gasteiger partial charge in [0.25, 0.3) is 0 Å². The Labute approximate surface area is 104 Å². The van der Waals surface area contributed by atoms with E-state index in [1.54, 1.807) is 0 Å². The van der Waals surface area contributed by atoms with E-state index >= 15 is 0 Å². The molecule has 1 aromatic carbocycles. The first-order valence-electron chi connectivity index (χ1n) is 5.10. The number of rotatable bonds is 5. The van der Waals surface area contributed by atoms with Crippen LogP contribution in [0.1, 0.15) is 0 Å². The van der Waals surface area contributed by atoms with Crippen LogP contribution in [-0.4, -0.2) is 35.4 Å². The van der Waals surface area contributed by atoms with Crippen molar-refractivity contribution in [2.75, 3.05) is 18.1 Å². The minimum Gasteiger partial charge on any atom is -0.508 e. The van der Waals surface area contributed by atoms with Gasteiger partial charge in [0.1, 0.15) is 18.9 Å². The zero-order valence-electron chi connectivity index (χ0n) is 9.57. The van der Waals surface area contributed by atoms with Crippen molar-refractivity contribution in [3.63, 3.8) is 0 Å². The lowest BCUT2D eigenvalue weighted by atomic mass is 10.3. The predicted molar refractivity (Wildman–Crippen MR) is 64.6 cm³/mol. The molecular weight excluding hydrogens is 238 g/mol. The molecule has 6 heteroatoms. The quantitative estimate of drug-likeness (QED) is 0.776. The summed E-state index contributed by atoms with van der Waals surface area (Å²) in [4.78, 5) is 23.3. The average Bonchev–Trinajstić information content (AvgIpc) is 2.34. The number of nitrogens with zero attached hydrogens (tertiary/aromatic N) is 1. The normalized spacial score (nSPS) is 9.56. The number of ether oxygens (including phenoxy) is 1. The summed E-state index contributed by atoms with van der Waals surface area (Å²) in [6.45, 7) is 2.86. The molecule has 1 aromatic rings. The fourth-order valence-corrected chi connectivity index (χ4v) is 1.24. The van der Waals surface area contributed by atoms with Gasteiger partial charge in [-0.3, -0.25) is 9.69 Å². The monoisotopic (exact) mass is 251 g/mol. The zero-order valence-corrected chi connectivity index (χ0v) is 9.57. The van der Waals surface area contributed by atoms with Crippen LogP contribution in [0.15, 0.2) is 36.9 Å². The molecule has 0 saturated carbocycles. The number of aliphatic carboxylic acids is 1. The van der Waals surface area contributed by atoms with E-state index in [4.69, 9.17) is 14.9 Å². The summed E-state index contributed by atoms with van der Waals surface area (Å²) < 4.78 is 4.78. The van der Waals surface area contributed by atoms with E-state index in [0.29, 0.717) is 5.69 Å². The summed E-state index contributed by atoms with van der Waals surface area (Å²) in [5.41, 5.74) is 0.323. The summed E-state index contributed by atoms with van der Waals surface area (Å²) >= 11 is 0. The molecule has 0 bridgehead atoms. The molecule has 0 aromatic heterocycles. The van der Waals surface area contributed by atoms with Crippen molar-refractivity contribution in [2.45, 2.75) is 0 Å². The van der Waals surface area contributed by atoms with Crippen LogP contribution < -0.4 is 4.90 Å². The minimum atomic E-state index is -1.17. The van der Waals surface area contributed by atoms with Crippen molar-refractivity contribution in [3.8, 4) is 5.75 Å². The van der Waals surface area contributed by atoms with Crippen LogP contribution in [-0.2, 0) is 9.53 Å². The average molecular weight is 251 g/mol. The lowest BCUT2D eigenvalue weighted by molar-refractivity contribution is -0.135. The highest BCUT2D eigenvalue weighted by Crippen LogP contribution is 2.19. The van der Waals surface area contributed by atoms with Gasteiger partial charge in [-0.2, -0.15) is 0 Å². The number of hydrogen-bond acceptors (Lipinski definition) is 4. The third-order valence-electron chi connectivity index (χ3n) is 2.00. The van der Waals surface area contributed by atoms with Gasteiger partial charge in [0.15, 0.2) is 0 Å². The molecule has 0 aliphatic rings. The Kier molecular flexibility index (Phi) is 4.74. The smallest absolute Gasteiger partial charge is 0.415 e. The maximum Gasteiger partial charge on any atom is 0.415 e. The van der Waals surface area contributed by atoms with Crippen LogP contribution in [0.3, 0.4) is 0 Å². The Morgan fingerprint density at radius 3 is 2.44 bits per heavy atom. The number of aromatic hydroxyl groups is 1. The first kappa shape index (κ1) is 13.6. The van der Waals surface area contributed by atoms with Gasteiger partial charge >= 0.3 is 12.1 Å². The summed E-state index contributed by atoms with van der Waals surface area (Å²) in [5, 5.41) is 17.9. The number of carbonyl (C=O) groups is 2. The van der Waals surface area contributed by atoms with Crippen molar-refractivity contribution in [1.29, 1.82) is 0 Å². The zero-order chi connectivity index (χ0) is 13.5. The number of phenols is 1. The topological polar surface area (TPSA) is 87.1 Å². The molecule has 0 heterocycles. The van der Waals surface area contributed by atoms with Crippen molar-refractivity contribution < 1.29 is 24.5 Å². The molecule has 6 nitrogen and oxygen atoms in total. The molecule has 0 atom stereocenters. The first-order chi connectivity index (χ1) is 8.54. The number of hydrogen-bond donors (Lipinski definition) is 2. The van der Waals surface area contributed by atoms with Crippen LogP contribution in [0.2, 0.25) is 0 Å². The number of phenolic OH excluding ortho intramolecular Hbond substituents is 1. The van der Waals surface area contributed by atoms with Crippen LogP contribution in [0.25, 0.3) is 0 Å². The predicted octanol–water partition coefficient (Wildman–Crippen LogP) is 1.61. The van der Waals surface area contributed by atoms with Gasteiger partial charge in [-0.15, -0.1) is 0 Å². The summed E-state index contributed by atoms with van der Waals surface area (Å²) in [6, 6.07) is 5.55. The minimum absolute atomic E-state index is 0.00691. The van der Waals surface area contributed by atoms with Crippen LogP contribution in [0.5, 0.6) is 5.75 Å². The van der Waals surface area contributed by atoms with Crippen LogP contribution in [0, 0.1) is 0 Å². The van der Waals surface area contributed by atoms with Gasteiger partial charge in [-0.1, -0.05) is 12.7 Å². The number of anilines is 1. The molecule has 0 spiro atoms. The molecule has 1 rings (SSSR count). The molecule has 0 fully saturated rings. The molecule has 0 unspecified atom stereocenters. The standard InChI is InChI=1S/C12H13NO5/c1-2-7-18-12(17)13(8-11(15)16)9-3-5-10(14)6-4-9/h2-6,14H,1,7-8H2,(H,15,16). The van der Waals surface area contributed by atoms with Gasteiger partial charge in [0.2, 0.25) is 0 Å². The lowest BCUT2D eigenvalue weighted by Gasteiger charge is -2.19. The Hall–Kier alpha value is -2.50. The van der Waals surface area contributed by atoms with Gasteiger partial charge in [0, 0.05) is 5.69 Å². The largest absolute Gasteiger partial charge is 0.508 e. The second kappa shape index (κ2) is 6.29. The number of carboxylic acid groups (broad SMARTS) is 1. The van der Waals surface area contributed by atoms with Gasteiger partial charge in [0.05, 0.1) is 0 Å². The second-order valence-corrected chi connectivity index (χ2v) is 3.36. The Bertz CT molecular complexity index is 440. The van der Waals surface area contributed by atoms with Crippen molar-refractivity contribution in [3.05, 3.63) is 36.9 Å². The number of amides is 1. The molecule has 0 aliphatic carbocycles. The Morgan fingerprint density at radius 1 is 1.33 bits per heavy atom. The third-order valence-corrected chi connectivity index (χ3v) is 2.00. The molecule has 1 amide bonds. The van der Waals surface area contributed by atoms with Crippen LogP contribution in [0.4, 0.5) is 10.5 Å². The van der Waals surface area contributed by atoms with Gasteiger partial charge in [-0.05, 0) is 24.3 Å². The highest BCUT2D eigenvalue weighted by Gasteiger charge is 2.19. The van der Waals surface area contributed by atoms with E-state index in [-0.39, 0.29) is 12.4 Å². The molecule has 0 radical (unpaired) electrons. The van der Waals surface area contributed by atoms with Gasteiger partial charge < -0.3 is 14.9 Å². The number of carbonyl (C=O) groups excluding carboxylic acids is 1. The van der Waals surface area contributed by atoms with Crippen molar-refractivity contribution >= 4 is 17.7 Å². The van der Waals surface area contributed by atoms with E-state index in [0.717, 1.165) is 4.90 Å². The summed E-state index contributed by atoms with van der Waals surface area (Å²) in [6.07, 6.45) is 0.594.